The van der Waals surface area contributed by atoms with E-state index >= 15 is 0 Å². The number of hydrogen-bond donors (Lipinski definition) is 1. The topological polar surface area (TPSA) is 86.8 Å². The summed E-state index contributed by atoms with van der Waals surface area (Å²) in [5.74, 6) is -0.899. The zero-order chi connectivity index (χ0) is 25.6. The SMILES string of the molecule is CC[C@@H](C)NC(=O)[C@H](C)N(Cc1ccc(Cl)cc1Cl)C(=O)CN(c1cccc(Br)c1)S(C)(=O)=O. The summed E-state index contributed by atoms with van der Waals surface area (Å²) in [6, 6.07) is 10.5. The van der Waals surface area contributed by atoms with Crippen LogP contribution in [0.1, 0.15) is 32.8 Å². The van der Waals surface area contributed by atoms with E-state index in [0.29, 0.717) is 25.8 Å². The molecule has 0 aromatic heterocycles. The number of rotatable bonds is 10. The number of amides is 2. The molecule has 2 amide bonds. The molecule has 0 saturated heterocycles. The Labute approximate surface area is 219 Å². The van der Waals surface area contributed by atoms with Gasteiger partial charge in [-0.15, -0.1) is 0 Å². The molecule has 0 heterocycles. The van der Waals surface area contributed by atoms with Gasteiger partial charge in [-0.25, -0.2) is 8.42 Å². The highest BCUT2D eigenvalue weighted by molar-refractivity contribution is 9.10. The maximum absolute atomic E-state index is 13.5. The Bertz CT molecular complexity index is 1150. The Hall–Kier alpha value is -1.81. The average molecular weight is 593 g/mol. The van der Waals surface area contributed by atoms with Crippen molar-refractivity contribution >= 4 is 66.7 Å². The van der Waals surface area contributed by atoms with Crippen molar-refractivity contribution in [1.29, 1.82) is 0 Å². The number of sulfonamides is 1. The van der Waals surface area contributed by atoms with E-state index in [-0.39, 0.29) is 18.5 Å². The van der Waals surface area contributed by atoms with Gasteiger partial charge in [0.1, 0.15) is 12.6 Å². The quantitative estimate of drug-likeness (QED) is 0.427. The second-order valence-electron chi connectivity index (χ2n) is 8.00. The van der Waals surface area contributed by atoms with Crippen LogP contribution in [0.15, 0.2) is 46.9 Å². The molecule has 7 nitrogen and oxygen atoms in total. The largest absolute Gasteiger partial charge is 0.352 e. The van der Waals surface area contributed by atoms with Crippen LogP contribution >= 0.6 is 39.1 Å². The van der Waals surface area contributed by atoms with Gasteiger partial charge in [0.05, 0.1) is 11.9 Å². The summed E-state index contributed by atoms with van der Waals surface area (Å²) in [4.78, 5) is 27.7. The Morgan fingerprint density at radius 2 is 1.79 bits per heavy atom. The van der Waals surface area contributed by atoms with Crippen LogP contribution in [0, 0.1) is 0 Å². The van der Waals surface area contributed by atoms with Gasteiger partial charge in [-0.1, -0.05) is 58.2 Å². The molecule has 34 heavy (non-hydrogen) atoms. The maximum Gasteiger partial charge on any atom is 0.244 e. The fourth-order valence-electron chi connectivity index (χ4n) is 3.13. The van der Waals surface area contributed by atoms with Crippen LogP contribution in [0.2, 0.25) is 10.0 Å². The molecule has 0 aliphatic carbocycles. The Morgan fingerprint density at radius 3 is 2.35 bits per heavy atom. The second-order valence-corrected chi connectivity index (χ2v) is 11.7. The number of benzene rings is 2. The molecule has 2 rings (SSSR count). The van der Waals surface area contributed by atoms with Crippen LogP contribution in [0.4, 0.5) is 5.69 Å². The van der Waals surface area contributed by atoms with Crippen molar-refractivity contribution in [2.75, 3.05) is 17.1 Å². The first-order valence-electron chi connectivity index (χ1n) is 10.6. The number of carbonyl (C=O) groups excluding carboxylic acids is 2. The highest BCUT2D eigenvalue weighted by Gasteiger charge is 2.30. The van der Waals surface area contributed by atoms with Crippen molar-refractivity contribution in [3.63, 3.8) is 0 Å². The molecule has 0 bridgehead atoms. The molecule has 0 fully saturated rings. The minimum Gasteiger partial charge on any atom is -0.352 e. The predicted octanol–water partition coefficient (Wildman–Crippen LogP) is 4.85. The average Bonchev–Trinajstić information content (AvgIpc) is 2.75. The lowest BCUT2D eigenvalue weighted by Crippen LogP contribution is -2.52. The Kier molecular flexibility index (Phi) is 10.2. The third kappa shape index (κ3) is 7.86. The molecular weight excluding hydrogens is 565 g/mol. The number of halogens is 3. The van der Waals surface area contributed by atoms with Crippen molar-refractivity contribution in [1.82, 2.24) is 10.2 Å². The first kappa shape index (κ1) is 28.4. The summed E-state index contributed by atoms with van der Waals surface area (Å²) >= 11 is 15.6. The predicted molar refractivity (Wildman–Crippen MR) is 141 cm³/mol. The molecule has 0 unspecified atom stereocenters. The van der Waals surface area contributed by atoms with Crippen LogP contribution in [-0.2, 0) is 26.2 Å². The zero-order valence-corrected chi connectivity index (χ0v) is 23.3. The minimum absolute atomic E-state index is 0.0000141. The van der Waals surface area contributed by atoms with Gasteiger partial charge in [0.15, 0.2) is 0 Å². The molecule has 2 aromatic rings. The van der Waals surface area contributed by atoms with E-state index in [0.717, 1.165) is 17.0 Å². The molecule has 0 aliphatic rings. The Balaban J connectivity index is 2.42. The summed E-state index contributed by atoms with van der Waals surface area (Å²) in [7, 11) is -3.80. The van der Waals surface area contributed by atoms with E-state index in [4.69, 9.17) is 23.2 Å². The molecule has 0 aliphatic heterocycles. The van der Waals surface area contributed by atoms with Crippen LogP contribution in [0.25, 0.3) is 0 Å². The fraction of sp³-hybridized carbons (Fsp3) is 0.391. The van der Waals surface area contributed by atoms with Gasteiger partial charge in [0.25, 0.3) is 0 Å². The van der Waals surface area contributed by atoms with Crippen molar-refractivity contribution in [2.45, 2.75) is 45.8 Å². The summed E-state index contributed by atoms with van der Waals surface area (Å²) < 4.78 is 26.8. The first-order valence-corrected chi connectivity index (χ1v) is 14.0. The lowest BCUT2D eigenvalue weighted by Gasteiger charge is -2.32. The van der Waals surface area contributed by atoms with E-state index < -0.39 is 28.5 Å². The van der Waals surface area contributed by atoms with E-state index in [1.807, 2.05) is 13.8 Å². The molecule has 2 aromatic carbocycles. The summed E-state index contributed by atoms with van der Waals surface area (Å²) in [6.45, 7) is 4.92. The highest BCUT2D eigenvalue weighted by Crippen LogP contribution is 2.25. The van der Waals surface area contributed by atoms with Crippen LogP contribution < -0.4 is 9.62 Å². The molecule has 11 heteroatoms. The standard InChI is InChI=1S/C23H28BrCl2N3O4S/c1-5-15(2)27-23(31)16(3)28(13-17-9-10-19(25)12-21(17)26)22(30)14-29(34(4,32)33)20-8-6-7-18(24)11-20/h6-12,15-16H,5,13-14H2,1-4H3,(H,27,31)/t15-,16+/m1/s1. The van der Waals surface area contributed by atoms with Gasteiger partial charge in [-0.2, -0.15) is 0 Å². The number of anilines is 1. The summed E-state index contributed by atoms with van der Waals surface area (Å²) in [5.41, 5.74) is 0.905. The van der Waals surface area contributed by atoms with Gasteiger partial charge >= 0.3 is 0 Å². The lowest BCUT2D eigenvalue weighted by molar-refractivity contribution is -0.139. The first-order chi connectivity index (χ1) is 15.8. The molecule has 1 N–H and O–H groups in total. The maximum atomic E-state index is 13.5. The molecular formula is C23H28BrCl2N3O4S. The second kappa shape index (κ2) is 12.2. The number of carbonyl (C=O) groups is 2. The smallest absolute Gasteiger partial charge is 0.244 e. The molecule has 2 atom stereocenters. The third-order valence-corrected chi connectivity index (χ3v) is 7.52. The normalized spacial score (nSPS) is 13.1. The van der Waals surface area contributed by atoms with Gasteiger partial charge in [-0.05, 0) is 56.2 Å². The van der Waals surface area contributed by atoms with Gasteiger partial charge < -0.3 is 10.2 Å². The van der Waals surface area contributed by atoms with Gasteiger partial charge in [-0.3, -0.25) is 13.9 Å². The highest BCUT2D eigenvalue weighted by atomic mass is 79.9. The van der Waals surface area contributed by atoms with E-state index in [1.54, 1.807) is 49.4 Å². The van der Waals surface area contributed by atoms with E-state index in [2.05, 4.69) is 21.2 Å². The van der Waals surface area contributed by atoms with Crippen molar-refractivity contribution < 1.29 is 18.0 Å². The zero-order valence-electron chi connectivity index (χ0n) is 19.4. The van der Waals surface area contributed by atoms with E-state index in [1.165, 1.54) is 4.90 Å². The number of nitrogens with zero attached hydrogens (tertiary/aromatic N) is 2. The third-order valence-electron chi connectivity index (χ3n) is 5.30. The lowest BCUT2D eigenvalue weighted by atomic mass is 10.1. The molecule has 0 saturated carbocycles. The van der Waals surface area contributed by atoms with Gasteiger partial charge in [0.2, 0.25) is 21.8 Å². The minimum atomic E-state index is -3.80. The van der Waals surface area contributed by atoms with Gasteiger partial charge in [0, 0.05) is 27.1 Å². The molecule has 186 valence electrons. The van der Waals surface area contributed by atoms with Crippen LogP contribution in [0.5, 0.6) is 0 Å². The van der Waals surface area contributed by atoms with Crippen molar-refractivity contribution in [2.24, 2.45) is 0 Å². The summed E-state index contributed by atoms with van der Waals surface area (Å²) in [6.07, 6.45) is 1.75. The molecule has 0 radical (unpaired) electrons. The van der Waals surface area contributed by atoms with Crippen LogP contribution in [0.3, 0.4) is 0 Å². The van der Waals surface area contributed by atoms with E-state index in [9.17, 15) is 18.0 Å². The molecule has 0 spiro atoms. The number of nitrogens with one attached hydrogen (secondary N) is 1. The number of hydrogen-bond acceptors (Lipinski definition) is 4. The Morgan fingerprint density at radius 1 is 1.12 bits per heavy atom. The summed E-state index contributed by atoms with van der Waals surface area (Å²) in [5, 5.41) is 3.65. The monoisotopic (exact) mass is 591 g/mol. The van der Waals surface area contributed by atoms with Crippen LogP contribution in [-0.4, -0.2) is 50.0 Å². The van der Waals surface area contributed by atoms with Crippen molar-refractivity contribution in [3.8, 4) is 0 Å². The van der Waals surface area contributed by atoms with Crippen molar-refractivity contribution in [3.05, 3.63) is 62.5 Å². The fourth-order valence-corrected chi connectivity index (χ4v) is 4.82.